The topological polar surface area (TPSA) is 52.6 Å². The molecular weight excluding hydrogens is 408 g/mol. The summed E-state index contributed by atoms with van der Waals surface area (Å²) in [6.07, 6.45) is 9.09. The molecule has 0 spiro atoms. The van der Waals surface area contributed by atoms with Gasteiger partial charge >= 0.3 is 0 Å². The second-order valence-corrected chi connectivity index (χ2v) is 12.0. The molecule has 31 heavy (non-hydrogen) atoms. The molecule has 178 valence electrons. The molecule has 0 aromatic heterocycles. The van der Waals surface area contributed by atoms with Crippen molar-refractivity contribution >= 4 is 9.84 Å². The van der Waals surface area contributed by atoms with E-state index in [0.29, 0.717) is 23.8 Å². The van der Waals surface area contributed by atoms with Gasteiger partial charge in [-0.05, 0) is 68.4 Å². The van der Waals surface area contributed by atoms with Crippen LogP contribution in [-0.4, -0.2) is 33.2 Å². The van der Waals surface area contributed by atoms with Crippen LogP contribution < -0.4 is 0 Å². The Balaban J connectivity index is 1.97. The van der Waals surface area contributed by atoms with Crippen LogP contribution in [0.15, 0.2) is 35.2 Å². The van der Waals surface area contributed by atoms with E-state index in [1.165, 1.54) is 19.3 Å². The van der Waals surface area contributed by atoms with Gasteiger partial charge in [-0.25, -0.2) is 8.42 Å². The van der Waals surface area contributed by atoms with Crippen LogP contribution in [0.25, 0.3) is 0 Å². The summed E-state index contributed by atoms with van der Waals surface area (Å²) < 4.78 is 38.5. The lowest BCUT2D eigenvalue weighted by Gasteiger charge is -2.27. The zero-order chi connectivity index (χ0) is 22.7. The molecule has 1 aliphatic rings. The van der Waals surface area contributed by atoms with Crippen molar-refractivity contribution in [3.8, 4) is 0 Å². The second kappa shape index (κ2) is 13.6. The van der Waals surface area contributed by atoms with Crippen LogP contribution in [0.5, 0.6) is 0 Å². The molecule has 0 N–H and O–H groups in total. The number of benzene rings is 1. The molecule has 0 saturated carbocycles. The fourth-order valence-electron chi connectivity index (χ4n) is 4.41. The van der Waals surface area contributed by atoms with Crippen LogP contribution >= 0.6 is 0 Å². The standard InChI is InChI=1S/C26H44O4S/c1-21(2)11-10-12-22(3)16-17-25(31(27,28)24-13-6-5-7-14-24)23(4)18-20-30-26-15-8-9-19-29-26/h5-7,13-14,21-23,25-26H,8-12,15-20H2,1-4H3/t22-,23-,25?,26?/m1/s1. The molecule has 1 aliphatic heterocycles. The molecular formula is C26H44O4S. The third-order valence-corrected chi connectivity index (χ3v) is 8.97. The van der Waals surface area contributed by atoms with E-state index in [-0.39, 0.29) is 17.5 Å². The van der Waals surface area contributed by atoms with Crippen molar-refractivity contribution in [2.45, 2.75) is 102 Å². The second-order valence-electron chi connectivity index (χ2n) is 9.84. The minimum Gasteiger partial charge on any atom is -0.353 e. The first-order valence-electron chi connectivity index (χ1n) is 12.3. The molecule has 1 saturated heterocycles. The maximum Gasteiger partial charge on any atom is 0.181 e. The van der Waals surface area contributed by atoms with E-state index in [9.17, 15) is 8.42 Å². The Labute approximate surface area is 191 Å². The zero-order valence-corrected chi connectivity index (χ0v) is 20.9. The normalized spacial score (nSPS) is 20.5. The molecule has 1 aromatic rings. The van der Waals surface area contributed by atoms with Gasteiger partial charge in [0, 0.05) is 6.61 Å². The molecule has 4 nitrogen and oxygen atoms in total. The minimum atomic E-state index is -3.37. The van der Waals surface area contributed by atoms with Crippen LogP contribution in [0.3, 0.4) is 0 Å². The Morgan fingerprint density at radius 2 is 1.71 bits per heavy atom. The van der Waals surface area contributed by atoms with Crippen molar-refractivity contribution < 1.29 is 17.9 Å². The minimum absolute atomic E-state index is 0.0386. The lowest BCUT2D eigenvalue weighted by atomic mass is 9.92. The number of ether oxygens (including phenoxy) is 2. The van der Waals surface area contributed by atoms with Gasteiger partial charge in [-0.3, -0.25) is 0 Å². The Morgan fingerprint density at radius 3 is 2.35 bits per heavy atom. The van der Waals surface area contributed by atoms with Gasteiger partial charge in [0.05, 0.1) is 16.8 Å². The summed E-state index contributed by atoms with van der Waals surface area (Å²) in [4.78, 5) is 0.441. The fraction of sp³-hybridized carbons (Fsp3) is 0.769. The number of sulfone groups is 1. The highest BCUT2D eigenvalue weighted by Gasteiger charge is 2.32. The lowest BCUT2D eigenvalue weighted by Crippen LogP contribution is -2.31. The summed E-state index contributed by atoms with van der Waals surface area (Å²) in [6.45, 7) is 10.2. The Bertz CT molecular complexity index is 695. The van der Waals surface area contributed by atoms with Gasteiger partial charge in [-0.2, -0.15) is 0 Å². The maximum atomic E-state index is 13.5. The predicted octanol–water partition coefficient (Wildman–Crippen LogP) is 6.64. The van der Waals surface area contributed by atoms with Crippen molar-refractivity contribution in [1.82, 2.24) is 0 Å². The molecule has 4 atom stereocenters. The monoisotopic (exact) mass is 452 g/mol. The van der Waals surface area contributed by atoms with Crippen molar-refractivity contribution in [1.29, 1.82) is 0 Å². The van der Waals surface area contributed by atoms with Crippen LogP contribution in [0, 0.1) is 17.8 Å². The maximum absolute atomic E-state index is 13.5. The molecule has 2 rings (SSSR count). The van der Waals surface area contributed by atoms with Crippen LogP contribution in [0.4, 0.5) is 0 Å². The lowest BCUT2D eigenvalue weighted by molar-refractivity contribution is -0.163. The first-order chi connectivity index (χ1) is 14.8. The highest BCUT2D eigenvalue weighted by atomic mass is 32.2. The highest BCUT2D eigenvalue weighted by Crippen LogP contribution is 2.30. The van der Waals surface area contributed by atoms with Crippen molar-refractivity contribution in [2.24, 2.45) is 17.8 Å². The summed E-state index contributed by atoms with van der Waals surface area (Å²) in [5.41, 5.74) is 0. The average Bonchev–Trinajstić information content (AvgIpc) is 2.75. The van der Waals surface area contributed by atoms with Crippen molar-refractivity contribution in [3.05, 3.63) is 30.3 Å². The van der Waals surface area contributed by atoms with E-state index >= 15 is 0 Å². The highest BCUT2D eigenvalue weighted by molar-refractivity contribution is 7.92. The Morgan fingerprint density at radius 1 is 0.968 bits per heavy atom. The van der Waals surface area contributed by atoms with Gasteiger partial charge in [0.2, 0.25) is 0 Å². The van der Waals surface area contributed by atoms with E-state index in [1.807, 2.05) is 18.2 Å². The zero-order valence-electron chi connectivity index (χ0n) is 20.1. The molecule has 0 radical (unpaired) electrons. The first kappa shape index (κ1) is 26.3. The van der Waals surface area contributed by atoms with E-state index in [0.717, 1.165) is 44.6 Å². The first-order valence-corrected chi connectivity index (χ1v) is 13.9. The van der Waals surface area contributed by atoms with E-state index < -0.39 is 9.84 Å². The van der Waals surface area contributed by atoms with Gasteiger partial charge in [-0.15, -0.1) is 0 Å². The summed E-state index contributed by atoms with van der Waals surface area (Å²) in [6, 6.07) is 8.95. The molecule has 0 amide bonds. The van der Waals surface area contributed by atoms with Gasteiger partial charge in [-0.1, -0.05) is 65.2 Å². The van der Waals surface area contributed by atoms with E-state index in [4.69, 9.17) is 9.47 Å². The molecule has 1 fully saturated rings. The van der Waals surface area contributed by atoms with Gasteiger partial charge in [0.15, 0.2) is 16.1 Å². The number of hydrogen-bond acceptors (Lipinski definition) is 4. The third-order valence-electron chi connectivity index (χ3n) is 6.54. The largest absolute Gasteiger partial charge is 0.353 e. The van der Waals surface area contributed by atoms with Crippen molar-refractivity contribution in [2.75, 3.05) is 13.2 Å². The van der Waals surface area contributed by atoms with Gasteiger partial charge < -0.3 is 9.47 Å². The molecule has 1 heterocycles. The number of rotatable bonds is 14. The smallest absolute Gasteiger partial charge is 0.181 e. The third kappa shape index (κ3) is 9.23. The predicted molar refractivity (Wildman–Crippen MR) is 128 cm³/mol. The molecule has 0 bridgehead atoms. The van der Waals surface area contributed by atoms with Crippen LogP contribution in [0.1, 0.15) is 85.5 Å². The SMILES string of the molecule is CC(C)CCC[C@@H](C)CCC([C@H](C)CCOC1CCCCO1)S(=O)(=O)c1ccccc1. The summed E-state index contributed by atoms with van der Waals surface area (Å²) in [7, 11) is -3.37. The van der Waals surface area contributed by atoms with Gasteiger partial charge in [0.1, 0.15) is 0 Å². The number of hydrogen-bond donors (Lipinski definition) is 0. The molecule has 0 aliphatic carbocycles. The van der Waals surface area contributed by atoms with Crippen LogP contribution in [0.2, 0.25) is 0 Å². The molecule has 5 heteroatoms. The summed E-state index contributed by atoms with van der Waals surface area (Å²) in [5, 5.41) is -0.377. The quantitative estimate of drug-likeness (QED) is 0.317. The molecule has 1 aromatic carbocycles. The van der Waals surface area contributed by atoms with Crippen LogP contribution in [-0.2, 0) is 19.3 Å². The fourth-order valence-corrected chi connectivity index (χ4v) is 6.49. The molecule has 2 unspecified atom stereocenters. The van der Waals surface area contributed by atoms with E-state index in [2.05, 4.69) is 27.7 Å². The average molecular weight is 453 g/mol. The van der Waals surface area contributed by atoms with Crippen molar-refractivity contribution in [3.63, 3.8) is 0 Å². The Hall–Kier alpha value is -0.910. The Kier molecular flexibility index (Phi) is 11.6. The van der Waals surface area contributed by atoms with E-state index in [1.54, 1.807) is 12.1 Å². The summed E-state index contributed by atoms with van der Waals surface area (Å²) >= 11 is 0. The summed E-state index contributed by atoms with van der Waals surface area (Å²) in [5.74, 6) is 1.31. The van der Waals surface area contributed by atoms with Gasteiger partial charge in [0.25, 0.3) is 0 Å².